The summed E-state index contributed by atoms with van der Waals surface area (Å²) in [5.41, 5.74) is 11.5. The van der Waals surface area contributed by atoms with Gasteiger partial charge in [0.1, 0.15) is 11.6 Å². The van der Waals surface area contributed by atoms with Gasteiger partial charge in [0.05, 0.1) is 59.9 Å². The fourth-order valence-corrected chi connectivity index (χ4v) is 16.8. The molecule has 0 spiro atoms. The number of carbonyl (C=O) groups excluding carboxylic acids is 9. The number of likely N-dealkylation sites (tertiary alicyclic amines) is 1. The van der Waals surface area contributed by atoms with E-state index in [2.05, 4.69) is 48.7 Å². The van der Waals surface area contributed by atoms with Crippen molar-refractivity contribution in [3.8, 4) is 0 Å². The first-order chi connectivity index (χ1) is 49.3. The molecule has 17 nitrogen and oxygen atoms in total. The first kappa shape index (κ1) is 85.2. The van der Waals surface area contributed by atoms with E-state index in [4.69, 9.17) is 15.2 Å². The summed E-state index contributed by atoms with van der Waals surface area (Å²) in [5, 5.41) is 5.90. The van der Waals surface area contributed by atoms with Gasteiger partial charge in [0, 0.05) is 82.7 Å². The molecule has 18 heteroatoms. The zero-order chi connectivity index (χ0) is 75.3. The first-order valence-electron chi connectivity index (χ1n) is 38.4. The van der Waals surface area contributed by atoms with Crippen molar-refractivity contribution in [2.24, 2.45) is 53.1 Å². The van der Waals surface area contributed by atoms with E-state index in [1.807, 2.05) is 114 Å². The summed E-state index contributed by atoms with van der Waals surface area (Å²) in [6.07, 6.45) is 10.4. The minimum Gasteiger partial charge on any atom is -0.379 e. The maximum Gasteiger partial charge on any atom is 0.227 e. The summed E-state index contributed by atoms with van der Waals surface area (Å²) in [4.78, 5) is 133. The van der Waals surface area contributed by atoms with Gasteiger partial charge in [-0.25, -0.2) is 0 Å². The SMILES string of the molecule is CCc1ccc(CSC2CC(=O)C(CCCCCCC[C@@H](Cc3ccccc3)C(=O)C[C@@H](CCCCN)C(=O)Nc3ccc(CC(=O)C(Cc4ccccc4)NC(=O)[C@H](C)[C@@H](OC)[C@@H]4CCCN4C(=O)C[C@@H](OC)[C@H]([C@@H](C)CC)N(C)C(=O)[C@@H](CC(=O)[C@H](C(C)C)N(C)C)C(C)C)cc3)C2=O)cc1. The number of rotatable bonds is 47. The van der Waals surface area contributed by atoms with Gasteiger partial charge in [-0.3, -0.25) is 48.1 Å². The first-order valence-corrected chi connectivity index (χ1v) is 39.5. The lowest BCUT2D eigenvalue weighted by atomic mass is 9.83. The number of anilines is 1. The fourth-order valence-electron chi connectivity index (χ4n) is 15.6. The molecule has 566 valence electrons. The van der Waals surface area contributed by atoms with Crippen LogP contribution in [0.3, 0.4) is 0 Å². The predicted molar refractivity (Wildman–Crippen MR) is 413 cm³/mol. The molecule has 6 rings (SSSR count). The number of likely N-dealkylation sites (N-methyl/N-ethyl adjacent to an activating group) is 2. The molecule has 1 saturated heterocycles. The largest absolute Gasteiger partial charge is 0.379 e. The van der Waals surface area contributed by atoms with Crippen LogP contribution in [0.25, 0.3) is 0 Å². The number of unbranched alkanes of at least 4 members (excludes halogenated alkanes) is 5. The van der Waals surface area contributed by atoms with Crippen LogP contribution in [0.4, 0.5) is 5.69 Å². The van der Waals surface area contributed by atoms with Gasteiger partial charge >= 0.3 is 0 Å². The number of ketones is 5. The summed E-state index contributed by atoms with van der Waals surface area (Å²) >= 11 is 1.58. The summed E-state index contributed by atoms with van der Waals surface area (Å²) in [7, 11) is 8.65. The smallest absolute Gasteiger partial charge is 0.227 e. The second-order valence-electron chi connectivity index (χ2n) is 30.3. The van der Waals surface area contributed by atoms with Gasteiger partial charge in [0.15, 0.2) is 17.3 Å². The van der Waals surface area contributed by atoms with E-state index in [0.717, 1.165) is 55.2 Å². The molecule has 0 bridgehead atoms. The van der Waals surface area contributed by atoms with Crippen molar-refractivity contribution in [2.75, 3.05) is 53.8 Å². The number of Topliss-reactive ketones (excluding diaryl/α,β-unsaturated/α-hetero) is 5. The molecule has 0 aromatic heterocycles. The number of hydrogen-bond donors (Lipinski definition) is 3. The molecule has 1 aliphatic heterocycles. The molecule has 1 aliphatic carbocycles. The Hall–Kier alpha value is -6.70. The highest BCUT2D eigenvalue weighted by Crippen LogP contribution is 2.36. The molecule has 0 radical (unpaired) electrons. The molecule has 2 aliphatic rings. The van der Waals surface area contributed by atoms with Gasteiger partial charge in [-0.05, 0) is 136 Å². The molecule has 13 atom stereocenters. The third kappa shape index (κ3) is 25.8. The number of methoxy groups -OCH3 is 2. The van der Waals surface area contributed by atoms with E-state index in [-0.39, 0.29) is 114 Å². The highest BCUT2D eigenvalue weighted by molar-refractivity contribution is 7.99. The Morgan fingerprint density at radius 3 is 1.83 bits per heavy atom. The highest BCUT2D eigenvalue weighted by atomic mass is 32.2. The molecule has 4 N–H and O–H groups in total. The van der Waals surface area contributed by atoms with Crippen LogP contribution in [-0.2, 0) is 84.1 Å². The minimum atomic E-state index is -0.920. The van der Waals surface area contributed by atoms with Crippen LogP contribution in [-0.4, -0.2) is 157 Å². The van der Waals surface area contributed by atoms with Crippen molar-refractivity contribution in [3.05, 3.63) is 137 Å². The lowest BCUT2D eigenvalue weighted by molar-refractivity contribution is -0.149. The van der Waals surface area contributed by atoms with E-state index in [0.29, 0.717) is 94.3 Å². The molecule has 1 saturated carbocycles. The number of amides is 4. The monoisotopic (exact) mass is 1440 g/mol. The van der Waals surface area contributed by atoms with Crippen LogP contribution in [0.2, 0.25) is 0 Å². The fraction of sp³-hybridized carbons (Fsp3) is 0.612. The number of aryl methyl sites for hydroxylation is 1. The Bertz CT molecular complexity index is 3300. The Kier molecular flexibility index (Phi) is 36.1. The van der Waals surface area contributed by atoms with E-state index < -0.39 is 59.9 Å². The number of nitrogens with two attached hydrogens (primary N) is 1. The van der Waals surface area contributed by atoms with E-state index >= 15 is 0 Å². The summed E-state index contributed by atoms with van der Waals surface area (Å²) < 4.78 is 12.3. The van der Waals surface area contributed by atoms with Crippen LogP contribution in [0.5, 0.6) is 0 Å². The minimum absolute atomic E-state index is 0.0135. The van der Waals surface area contributed by atoms with Crippen molar-refractivity contribution < 1.29 is 52.6 Å². The van der Waals surface area contributed by atoms with Crippen LogP contribution in [0.1, 0.15) is 192 Å². The summed E-state index contributed by atoms with van der Waals surface area (Å²) in [5.74, 6) is -3.12. The van der Waals surface area contributed by atoms with Crippen LogP contribution < -0.4 is 16.4 Å². The number of ether oxygens (including phenoxy) is 2. The number of carbonyl (C=O) groups is 9. The number of hydrogen-bond acceptors (Lipinski definition) is 14. The Labute approximate surface area is 620 Å². The highest BCUT2D eigenvalue weighted by Gasteiger charge is 2.45. The summed E-state index contributed by atoms with van der Waals surface area (Å²) in [6, 6.07) is 32.9. The number of benzene rings is 4. The van der Waals surface area contributed by atoms with Gasteiger partial charge in [-0.1, -0.05) is 197 Å². The molecular weight excluding hydrogens is 1310 g/mol. The lowest BCUT2D eigenvalue weighted by Crippen LogP contribution is -2.55. The van der Waals surface area contributed by atoms with Gasteiger partial charge in [0.2, 0.25) is 23.6 Å². The quantitative estimate of drug-likeness (QED) is 0.0276. The maximum atomic E-state index is 14.7. The van der Waals surface area contributed by atoms with Gasteiger partial charge < -0.3 is 35.6 Å². The molecule has 103 heavy (non-hydrogen) atoms. The van der Waals surface area contributed by atoms with Crippen molar-refractivity contribution in [3.63, 3.8) is 0 Å². The molecule has 4 aromatic carbocycles. The Morgan fingerprint density at radius 1 is 0.641 bits per heavy atom. The van der Waals surface area contributed by atoms with E-state index in [1.165, 1.54) is 5.56 Å². The molecule has 1 heterocycles. The zero-order valence-corrected chi connectivity index (χ0v) is 65.2. The third-order valence-corrected chi connectivity index (χ3v) is 23.2. The predicted octanol–water partition coefficient (Wildman–Crippen LogP) is 13.5. The van der Waals surface area contributed by atoms with Crippen LogP contribution in [0, 0.1) is 47.3 Å². The topological polar surface area (TPSA) is 232 Å². The standard InChI is InChI=1S/C85H124N6O11S/c1-14-58(7)80(90(11)85(100)69(56(3)4)52-75(95)79(57(5)6)89(9)10)76(101-12)54-78(96)91-47-29-37-71(91)82(102-13)59(8)83(98)88-70(49-62-32-23-20-24-33-62)74(94)50-63-42-44-67(45-43-63)87-84(99)66(35-27-28-46-86)51-72(92)65(48-61-30-21-19-22-31-61)34-25-17-16-18-26-36-68-73(93)53-77(81(68)97)103-55-64-40-38-60(15-2)39-41-64/h19-24,30-33,38-45,56-59,65-66,68-71,76-77,79-80,82H,14-18,25-29,34-37,46-55,86H2,1-13H3,(H,87,99)(H,88,98)/t58-,59+,65-,66+,68?,69-,70?,71-,76+,77?,79-,80-,82+/m0/s1. The molecule has 4 aromatic rings. The maximum absolute atomic E-state index is 14.7. The average molecular weight is 1440 g/mol. The molecular formula is C85H124N6O11S. The average Bonchev–Trinajstić information content (AvgIpc) is 1.80. The Balaban J connectivity index is 1.06. The van der Waals surface area contributed by atoms with Crippen molar-refractivity contribution in [2.45, 2.75) is 238 Å². The van der Waals surface area contributed by atoms with E-state index in [1.54, 1.807) is 74.0 Å². The second kappa shape index (κ2) is 43.7. The van der Waals surface area contributed by atoms with Gasteiger partial charge in [-0.15, -0.1) is 11.8 Å². The van der Waals surface area contributed by atoms with Gasteiger partial charge in [0.25, 0.3) is 0 Å². The molecule has 3 unspecified atom stereocenters. The second-order valence-corrected chi connectivity index (χ2v) is 31.5. The summed E-state index contributed by atoms with van der Waals surface area (Å²) in [6.45, 7) is 16.9. The molecule has 2 fully saturated rings. The van der Waals surface area contributed by atoms with Gasteiger partial charge in [-0.2, -0.15) is 0 Å². The Morgan fingerprint density at radius 2 is 1.24 bits per heavy atom. The van der Waals surface area contributed by atoms with Crippen molar-refractivity contribution >= 4 is 70.0 Å². The number of nitrogens with zero attached hydrogens (tertiary/aromatic N) is 3. The van der Waals surface area contributed by atoms with Crippen molar-refractivity contribution in [1.29, 1.82) is 0 Å². The third-order valence-electron chi connectivity index (χ3n) is 21.9. The van der Waals surface area contributed by atoms with E-state index in [9.17, 15) is 43.2 Å². The number of nitrogens with one attached hydrogen (secondary N) is 2. The van der Waals surface area contributed by atoms with Crippen LogP contribution >= 0.6 is 11.8 Å². The normalized spacial score (nSPS) is 18.4. The van der Waals surface area contributed by atoms with Crippen molar-refractivity contribution in [1.82, 2.24) is 20.0 Å². The molecule has 4 amide bonds. The number of thioether (sulfide) groups is 1. The van der Waals surface area contributed by atoms with Crippen LogP contribution in [0.15, 0.2) is 109 Å². The lowest BCUT2D eigenvalue weighted by Gasteiger charge is -2.41. The zero-order valence-electron chi connectivity index (χ0n) is 64.3.